The Hall–Kier alpha value is -1.02. The summed E-state index contributed by atoms with van der Waals surface area (Å²) in [7, 11) is 0. The van der Waals surface area contributed by atoms with E-state index in [1.165, 1.54) is 31.4 Å². The van der Waals surface area contributed by atoms with Gasteiger partial charge in [-0.15, -0.1) is 0 Å². The molecular formula is C14H15FIN3O. The van der Waals surface area contributed by atoms with Gasteiger partial charge in [0.25, 0.3) is 5.89 Å². The molecule has 1 unspecified atom stereocenters. The summed E-state index contributed by atoms with van der Waals surface area (Å²) in [4.78, 5) is 4.47. The summed E-state index contributed by atoms with van der Waals surface area (Å²) in [5, 5.41) is 7.52. The minimum atomic E-state index is -0.261. The Kier molecular flexibility index (Phi) is 4.30. The van der Waals surface area contributed by atoms with Gasteiger partial charge in [-0.05, 0) is 60.2 Å². The molecule has 0 amide bonds. The zero-order chi connectivity index (χ0) is 13.9. The highest BCUT2D eigenvalue weighted by Gasteiger charge is 2.20. The van der Waals surface area contributed by atoms with Crippen molar-refractivity contribution in [1.82, 2.24) is 15.5 Å². The molecule has 20 heavy (non-hydrogen) atoms. The number of benzene rings is 1. The van der Waals surface area contributed by atoms with E-state index >= 15 is 0 Å². The average Bonchev–Trinajstić information content (AvgIpc) is 2.74. The largest absolute Gasteiger partial charge is 0.334 e. The second kappa shape index (κ2) is 6.17. The van der Waals surface area contributed by atoms with Crippen LogP contribution in [0.3, 0.4) is 0 Å². The van der Waals surface area contributed by atoms with Crippen molar-refractivity contribution in [3.05, 3.63) is 33.4 Å². The highest BCUT2D eigenvalue weighted by Crippen LogP contribution is 2.27. The fourth-order valence-electron chi connectivity index (χ4n) is 2.40. The maximum atomic E-state index is 13.1. The van der Waals surface area contributed by atoms with Crippen LogP contribution in [0, 0.1) is 9.39 Å². The first-order chi connectivity index (χ1) is 9.74. The van der Waals surface area contributed by atoms with E-state index in [-0.39, 0.29) is 11.9 Å². The van der Waals surface area contributed by atoms with E-state index < -0.39 is 0 Å². The Morgan fingerprint density at radius 1 is 1.30 bits per heavy atom. The molecule has 1 saturated heterocycles. The van der Waals surface area contributed by atoms with Gasteiger partial charge in [-0.1, -0.05) is 18.0 Å². The van der Waals surface area contributed by atoms with Crippen molar-refractivity contribution in [3.8, 4) is 11.5 Å². The van der Waals surface area contributed by atoms with Crippen molar-refractivity contribution in [2.45, 2.75) is 31.7 Å². The molecule has 1 aromatic heterocycles. The normalized spacial score (nSPS) is 19.8. The van der Waals surface area contributed by atoms with Gasteiger partial charge in [0.05, 0.1) is 11.6 Å². The van der Waals surface area contributed by atoms with Gasteiger partial charge in [-0.3, -0.25) is 0 Å². The molecular weight excluding hydrogens is 372 g/mol. The third kappa shape index (κ3) is 3.01. The van der Waals surface area contributed by atoms with E-state index in [9.17, 15) is 4.39 Å². The number of halogens is 2. The van der Waals surface area contributed by atoms with Crippen LogP contribution in [0.25, 0.3) is 11.5 Å². The second-order valence-electron chi connectivity index (χ2n) is 4.94. The molecule has 1 fully saturated rings. The van der Waals surface area contributed by atoms with Crippen molar-refractivity contribution in [2.75, 3.05) is 6.54 Å². The van der Waals surface area contributed by atoms with E-state index in [0.717, 1.165) is 22.1 Å². The topological polar surface area (TPSA) is 51.0 Å². The lowest BCUT2D eigenvalue weighted by atomic mass is 10.1. The van der Waals surface area contributed by atoms with Crippen molar-refractivity contribution in [1.29, 1.82) is 0 Å². The van der Waals surface area contributed by atoms with Crippen molar-refractivity contribution in [3.63, 3.8) is 0 Å². The molecule has 106 valence electrons. The summed E-state index contributed by atoms with van der Waals surface area (Å²) < 4.78 is 19.2. The maximum absolute atomic E-state index is 13.1. The zero-order valence-electron chi connectivity index (χ0n) is 10.9. The fraction of sp³-hybridized carbons (Fsp3) is 0.429. The number of aromatic nitrogens is 2. The monoisotopic (exact) mass is 387 g/mol. The molecule has 6 heteroatoms. The lowest BCUT2D eigenvalue weighted by molar-refractivity contribution is 0.402. The number of hydrogen-bond acceptors (Lipinski definition) is 4. The fourth-order valence-corrected chi connectivity index (χ4v) is 3.11. The molecule has 2 heterocycles. The summed E-state index contributed by atoms with van der Waals surface area (Å²) in [5.41, 5.74) is 0.777. The summed E-state index contributed by atoms with van der Waals surface area (Å²) in [6.45, 7) is 0.989. The highest BCUT2D eigenvalue weighted by atomic mass is 127. The first-order valence-corrected chi connectivity index (χ1v) is 7.84. The van der Waals surface area contributed by atoms with Crippen LogP contribution in [0.15, 0.2) is 22.7 Å². The van der Waals surface area contributed by atoms with Gasteiger partial charge in [0.2, 0.25) is 0 Å². The first kappa shape index (κ1) is 13.9. The van der Waals surface area contributed by atoms with Gasteiger partial charge < -0.3 is 9.84 Å². The third-order valence-corrected chi connectivity index (χ3v) is 4.37. The maximum Gasteiger partial charge on any atom is 0.259 e. The van der Waals surface area contributed by atoms with Crippen LogP contribution in [0.2, 0.25) is 0 Å². The van der Waals surface area contributed by atoms with Crippen molar-refractivity contribution >= 4 is 22.6 Å². The predicted octanol–water partition coefficient (Wildman–Crippen LogP) is 3.69. The van der Waals surface area contributed by atoms with Crippen LogP contribution in [0.5, 0.6) is 0 Å². The Morgan fingerprint density at radius 3 is 3.05 bits per heavy atom. The van der Waals surface area contributed by atoms with Gasteiger partial charge >= 0.3 is 0 Å². The summed E-state index contributed by atoms with van der Waals surface area (Å²) >= 11 is 2.08. The molecule has 1 atom stereocenters. The predicted molar refractivity (Wildman–Crippen MR) is 81.6 cm³/mol. The SMILES string of the molecule is Fc1ccc(-c2nc(C3CCCCCN3)no2)c(I)c1. The lowest BCUT2D eigenvalue weighted by Gasteiger charge is -2.09. The molecule has 0 saturated carbocycles. The first-order valence-electron chi connectivity index (χ1n) is 6.76. The second-order valence-corrected chi connectivity index (χ2v) is 6.10. The number of rotatable bonds is 2. The number of nitrogens with one attached hydrogen (secondary N) is 1. The van der Waals surface area contributed by atoms with Crippen molar-refractivity contribution < 1.29 is 8.91 Å². The van der Waals surface area contributed by atoms with E-state index in [4.69, 9.17) is 4.52 Å². The van der Waals surface area contributed by atoms with Crippen LogP contribution < -0.4 is 5.32 Å². The summed E-state index contributed by atoms with van der Waals surface area (Å²) in [6.07, 6.45) is 4.64. The van der Waals surface area contributed by atoms with Crippen LogP contribution >= 0.6 is 22.6 Å². The molecule has 0 bridgehead atoms. The minimum absolute atomic E-state index is 0.160. The molecule has 0 aliphatic carbocycles. The van der Waals surface area contributed by atoms with Crippen LogP contribution in [-0.2, 0) is 0 Å². The Labute approximate surface area is 130 Å². The lowest BCUT2D eigenvalue weighted by Crippen LogP contribution is -2.21. The summed E-state index contributed by atoms with van der Waals surface area (Å²) in [6, 6.07) is 4.71. The molecule has 0 spiro atoms. The molecule has 0 radical (unpaired) electrons. The third-order valence-electron chi connectivity index (χ3n) is 3.48. The van der Waals surface area contributed by atoms with Crippen LogP contribution in [-0.4, -0.2) is 16.7 Å². The molecule has 4 nitrogen and oxygen atoms in total. The van der Waals surface area contributed by atoms with Gasteiger partial charge in [0, 0.05) is 3.57 Å². The molecule has 1 aliphatic rings. The molecule has 2 aromatic rings. The van der Waals surface area contributed by atoms with Crippen molar-refractivity contribution in [2.24, 2.45) is 0 Å². The molecule has 1 aliphatic heterocycles. The summed E-state index contributed by atoms with van der Waals surface area (Å²) in [5.74, 6) is 0.890. The van der Waals surface area contributed by atoms with Gasteiger partial charge in [0.15, 0.2) is 5.82 Å². The van der Waals surface area contributed by atoms with Crippen LogP contribution in [0.1, 0.15) is 37.5 Å². The Morgan fingerprint density at radius 2 is 2.20 bits per heavy atom. The van der Waals surface area contributed by atoms with Crippen LogP contribution in [0.4, 0.5) is 4.39 Å². The van der Waals surface area contributed by atoms with Gasteiger partial charge in [0.1, 0.15) is 5.82 Å². The Bertz CT molecular complexity index is 594. The minimum Gasteiger partial charge on any atom is -0.334 e. The highest BCUT2D eigenvalue weighted by molar-refractivity contribution is 14.1. The average molecular weight is 387 g/mol. The molecule has 1 N–H and O–H groups in total. The van der Waals surface area contributed by atoms with Gasteiger partial charge in [-0.2, -0.15) is 4.98 Å². The van der Waals surface area contributed by atoms with E-state index in [1.54, 1.807) is 6.07 Å². The van der Waals surface area contributed by atoms with Gasteiger partial charge in [-0.25, -0.2) is 4.39 Å². The van der Waals surface area contributed by atoms with E-state index in [2.05, 4.69) is 38.0 Å². The molecule has 1 aromatic carbocycles. The smallest absolute Gasteiger partial charge is 0.259 e. The van der Waals surface area contributed by atoms with E-state index in [0.29, 0.717) is 11.7 Å². The number of hydrogen-bond donors (Lipinski definition) is 1. The standard InChI is InChI=1S/C14H15FIN3O/c15-9-5-6-10(11(16)8-9)14-18-13(19-20-14)12-4-2-1-3-7-17-12/h5-6,8,12,17H,1-4,7H2. The zero-order valence-corrected chi connectivity index (χ0v) is 13.1. The molecule has 3 rings (SSSR count). The van der Waals surface area contributed by atoms with E-state index in [1.807, 2.05) is 0 Å². The number of nitrogens with zero attached hydrogens (tertiary/aromatic N) is 2. The quantitative estimate of drug-likeness (QED) is 0.799. The Balaban J connectivity index is 1.85.